The van der Waals surface area contributed by atoms with Crippen molar-refractivity contribution in [2.24, 2.45) is 11.8 Å². The van der Waals surface area contributed by atoms with Crippen molar-refractivity contribution in [3.63, 3.8) is 0 Å². The molecule has 0 bridgehead atoms. The molecule has 4 aromatic heterocycles. The number of aromatic nitrogens is 2. The lowest BCUT2D eigenvalue weighted by Gasteiger charge is -2.31. The standard InChI is InChI=1S/C68H74N2O4S2/c1-65(2,3)43-25-29-55-49(33-43)50-34-44(66(4,5)6)26-30-56(50)69(55)63-61(71)53(39-75-63)47-21-15-17-23-59(47)73-37-41-19-13-14-20-42(41)38-74-60-24-18-16-22-48(60)54-40-76-64(62(54)72)70-57-31-27-45(67(7,8)9)35-51(57)52-36-46(68(10,11)12)28-32-58(52)70/h15-18,21-36,39-42,71-72H,13-14,19-20,37-38H2,1-12H3/t41-,42-/m0/s1. The molecule has 2 N–H and O–H groups in total. The van der Waals surface area contributed by atoms with Crippen molar-refractivity contribution in [2.75, 3.05) is 13.2 Å². The molecule has 2 atom stereocenters. The largest absolute Gasteiger partial charge is 0.504 e. The smallest absolute Gasteiger partial charge is 0.158 e. The van der Waals surface area contributed by atoms with E-state index >= 15 is 0 Å². The third kappa shape index (κ3) is 9.37. The molecule has 6 nitrogen and oxygen atoms in total. The zero-order valence-electron chi connectivity index (χ0n) is 46.5. The van der Waals surface area contributed by atoms with E-state index in [-0.39, 0.29) is 45.0 Å². The molecule has 10 aromatic rings. The number of nitrogens with zero attached hydrogens (tertiary/aromatic N) is 2. The SMILES string of the molecule is CC(C)(C)c1ccc2c(c1)c1cc(C(C)(C)C)ccc1n2-c1scc(-c2ccccc2OC[C@@H]2CCCC[C@H]2COc2ccccc2-c2csc(-n3c4ccc(C(C)(C)C)cc4c4cc(C(C)(C)C)ccc43)c2O)c1O. The number of fused-ring (bicyclic) bond motifs is 6. The summed E-state index contributed by atoms with van der Waals surface area (Å²) in [5.74, 6) is 2.60. The number of aromatic hydroxyl groups is 2. The Kier molecular flexibility index (Phi) is 13.0. The minimum atomic E-state index is -0.00562. The summed E-state index contributed by atoms with van der Waals surface area (Å²) >= 11 is 3.13. The Labute approximate surface area is 457 Å². The van der Waals surface area contributed by atoms with Gasteiger partial charge in [0.1, 0.15) is 21.5 Å². The Bertz CT molecular complexity index is 3420. The lowest BCUT2D eigenvalue weighted by Crippen LogP contribution is -2.29. The molecule has 11 rings (SSSR count). The van der Waals surface area contributed by atoms with E-state index in [0.29, 0.717) is 13.2 Å². The molecule has 1 fully saturated rings. The zero-order valence-corrected chi connectivity index (χ0v) is 48.2. The Hall–Kier alpha value is -6.48. The molecule has 0 unspecified atom stereocenters. The number of benzene rings is 6. The van der Waals surface area contributed by atoms with Crippen molar-refractivity contribution in [3.8, 4) is 55.3 Å². The fourth-order valence-electron chi connectivity index (χ4n) is 11.5. The molecule has 1 aliphatic carbocycles. The molecule has 0 amide bonds. The van der Waals surface area contributed by atoms with E-state index in [4.69, 9.17) is 9.47 Å². The molecular weight excluding hydrogens is 973 g/mol. The number of hydrogen-bond acceptors (Lipinski definition) is 6. The highest BCUT2D eigenvalue weighted by molar-refractivity contribution is 7.14. The van der Waals surface area contributed by atoms with E-state index in [1.165, 1.54) is 43.8 Å². The van der Waals surface area contributed by atoms with Crippen LogP contribution in [0.1, 0.15) is 131 Å². The van der Waals surface area contributed by atoms with Crippen LogP contribution in [0.2, 0.25) is 0 Å². The van der Waals surface area contributed by atoms with Gasteiger partial charge in [-0.25, -0.2) is 0 Å². The van der Waals surface area contributed by atoms with E-state index in [0.717, 1.165) is 91.5 Å². The van der Waals surface area contributed by atoms with E-state index in [2.05, 4.69) is 188 Å². The van der Waals surface area contributed by atoms with E-state index in [1.807, 2.05) is 36.4 Å². The highest BCUT2D eigenvalue weighted by Crippen LogP contribution is 2.50. The summed E-state index contributed by atoms with van der Waals surface area (Å²) in [6, 6.07) is 43.5. The van der Waals surface area contributed by atoms with Gasteiger partial charge in [0.05, 0.1) is 35.3 Å². The maximum atomic E-state index is 12.3. The summed E-state index contributed by atoms with van der Waals surface area (Å²) < 4.78 is 18.2. The minimum Gasteiger partial charge on any atom is -0.504 e. The monoisotopic (exact) mass is 1050 g/mol. The maximum Gasteiger partial charge on any atom is 0.158 e. The second-order valence-electron chi connectivity index (χ2n) is 25.6. The van der Waals surface area contributed by atoms with Gasteiger partial charge in [0.25, 0.3) is 0 Å². The minimum absolute atomic E-state index is 0.00562. The van der Waals surface area contributed by atoms with Crippen LogP contribution in [0.15, 0.2) is 132 Å². The lowest BCUT2D eigenvalue weighted by molar-refractivity contribution is 0.105. The zero-order chi connectivity index (χ0) is 53.6. The molecule has 76 heavy (non-hydrogen) atoms. The Morgan fingerprint density at radius 2 is 0.724 bits per heavy atom. The second kappa shape index (κ2) is 19.2. The number of rotatable bonds is 10. The molecule has 4 heterocycles. The number of para-hydroxylation sites is 2. The second-order valence-corrected chi connectivity index (χ2v) is 27.3. The first-order valence-electron chi connectivity index (χ1n) is 27.3. The third-order valence-corrected chi connectivity index (χ3v) is 18.1. The molecule has 1 saturated carbocycles. The maximum absolute atomic E-state index is 12.3. The molecule has 0 spiro atoms. The van der Waals surface area contributed by atoms with Gasteiger partial charge in [0, 0.05) is 54.6 Å². The van der Waals surface area contributed by atoms with E-state index < -0.39 is 0 Å². The van der Waals surface area contributed by atoms with Crippen molar-refractivity contribution in [1.29, 1.82) is 0 Å². The average Bonchev–Trinajstić information content (AvgIpc) is 4.16. The number of hydrogen-bond donors (Lipinski definition) is 2. The van der Waals surface area contributed by atoms with Crippen molar-refractivity contribution in [1.82, 2.24) is 9.13 Å². The van der Waals surface area contributed by atoms with Gasteiger partial charge in [0.2, 0.25) is 0 Å². The topological polar surface area (TPSA) is 68.8 Å². The van der Waals surface area contributed by atoms with Gasteiger partial charge in [-0.2, -0.15) is 0 Å². The predicted octanol–water partition coefficient (Wildman–Crippen LogP) is 19.2. The lowest BCUT2D eigenvalue weighted by atomic mass is 9.80. The molecule has 0 saturated heterocycles. The van der Waals surface area contributed by atoms with Gasteiger partial charge in [-0.05, 0) is 129 Å². The highest BCUT2D eigenvalue weighted by atomic mass is 32.1. The summed E-state index contributed by atoms with van der Waals surface area (Å²) in [5.41, 5.74) is 12.7. The summed E-state index contributed by atoms with van der Waals surface area (Å²) in [5, 5.41) is 35.2. The van der Waals surface area contributed by atoms with Gasteiger partial charge in [0.15, 0.2) is 11.5 Å². The molecular formula is C68H74N2O4S2. The van der Waals surface area contributed by atoms with Crippen molar-refractivity contribution >= 4 is 66.3 Å². The van der Waals surface area contributed by atoms with Crippen LogP contribution in [-0.4, -0.2) is 32.6 Å². The first-order chi connectivity index (χ1) is 36.1. The van der Waals surface area contributed by atoms with Crippen LogP contribution in [-0.2, 0) is 21.7 Å². The quantitative estimate of drug-likeness (QED) is 0.143. The van der Waals surface area contributed by atoms with Crippen LogP contribution in [0.5, 0.6) is 23.0 Å². The normalized spacial score (nSPS) is 15.9. The van der Waals surface area contributed by atoms with Crippen LogP contribution in [0.3, 0.4) is 0 Å². The predicted molar refractivity (Wildman–Crippen MR) is 323 cm³/mol. The summed E-state index contributed by atoms with van der Waals surface area (Å²) in [6.45, 7) is 28.2. The van der Waals surface area contributed by atoms with Crippen LogP contribution < -0.4 is 9.47 Å². The van der Waals surface area contributed by atoms with Crippen molar-refractivity contribution in [2.45, 2.75) is 130 Å². The summed E-state index contributed by atoms with van der Waals surface area (Å²) in [4.78, 5) is 0. The first-order valence-corrected chi connectivity index (χ1v) is 29.1. The Morgan fingerprint density at radius 3 is 1.03 bits per heavy atom. The van der Waals surface area contributed by atoms with Crippen LogP contribution in [0, 0.1) is 11.8 Å². The van der Waals surface area contributed by atoms with Gasteiger partial charge in [-0.3, -0.25) is 9.13 Å². The molecule has 6 aromatic carbocycles. The van der Waals surface area contributed by atoms with Crippen molar-refractivity contribution < 1.29 is 19.7 Å². The van der Waals surface area contributed by atoms with E-state index in [9.17, 15) is 10.2 Å². The van der Waals surface area contributed by atoms with Gasteiger partial charge in [-0.15, -0.1) is 22.7 Å². The number of thiophene rings is 2. The first kappa shape index (κ1) is 51.6. The third-order valence-electron chi connectivity index (χ3n) is 16.2. The summed E-state index contributed by atoms with van der Waals surface area (Å²) in [7, 11) is 0. The van der Waals surface area contributed by atoms with Crippen LogP contribution in [0.4, 0.5) is 0 Å². The van der Waals surface area contributed by atoms with Crippen LogP contribution >= 0.6 is 22.7 Å². The number of ether oxygens (including phenoxy) is 2. The molecule has 1 aliphatic rings. The van der Waals surface area contributed by atoms with Gasteiger partial charge >= 0.3 is 0 Å². The average molecular weight is 1050 g/mol. The highest BCUT2D eigenvalue weighted by Gasteiger charge is 2.30. The van der Waals surface area contributed by atoms with Gasteiger partial charge in [-0.1, -0.05) is 157 Å². The molecule has 0 aliphatic heterocycles. The molecule has 8 heteroatoms. The molecule has 0 radical (unpaired) electrons. The van der Waals surface area contributed by atoms with E-state index in [1.54, 1.807) is 22.7 Å². The summed E-state index contributed by atoms with van der Waals surface area (Å²) in [6.07, 6.45) is 4.40. The van der Waals surface area contributed by atoms with Crippen molar-refractivity contribution in [3.05, 3.63) is 154 Å². The fourth-order valence-corrected chi connectivity index (χ4v) is 13.5. The van der Waals surface area contributed by atoms with Crippen LogP contribution in [0.25, 0.3) is 75.9 Å². The fraction of sp³-hybridized carbons (Fsp3) is 0.353. The Balaban J connectivity index is 0.852. The van der Waals surface area contributed by atoms with Gasteiger partial charge < -0.3 is 19.7 Å². The Morgan fingerprint density at radius 1 is 0.421 bits per heavy atom. The molecule has 392 valence electrons.